The number of rotatable bonds is 7. The molecule has 1 amide bonds. The van der Waals surface area contributed by atoms with Crippen molar-refractivity contribution >= 4 is 27.7 Å². The summed E-state index contributed by atoms with van der Waals surface area (Å²) in [7, 11) is -3.57. The highest BCUT2D eigenvalue weighted by Crippen LogP contribution is 2.40. The van der Waals surface area contributed by atoms with Gasteiger partial charge in [0, 0.05) is 23.8 Å². The van der Waals surface area contributed by atoms with Crippen molar-refractivity contribution in [3.63, 3.8) is 0 Å². The molecule has 1 aliphatic carbocycles. The first kappa shape index (κ1) is 24.1. The van der Waals surface area contributed by atoms with E-state index in [1.807, 2.05) is 36.6 Å². The van der Waals surface area contributed by atoms with Crippen LogP contribution >= 0.6 is 11.8 Å². The monoisotopic (exact) mass is 491 g/mol. The third-order valence-corrected chi connectivity index (χ3v) is 8.76. The van der Waals surface area contributed by atoms with Crippen LogP contribution in [0.5, 0.6) is 0 Å². The molecule has 2 aromatic rings. The first-order valence-corrected chi connectivity index (χ1v) is 13.9. The number of carbonyl (C=O) groups is 1. The molecule has 1 saturated heterocycles. The highest BCUT2D eigenvalue weighted by molar-refractivity contribution is 7.98. The zero-order valence-electron chi connectivity index (χ0n) is 18.6. The van der Waals surface area contributed by atoms with E-state index in [0.717, 1.165) is 10.5 Å². The van der Waals surface area contributed by atoms with E-state index in [1.165, 1.54) is 0 Å². The van der Waals surface area contributed by atoms with Crippen molar-refractivity contribution in [2.24, 2.45) is 5.92 Å². The van der Waals surface area contributed by atoms with Gasteiger partial charge < -0.3 is 19.5 Å². The molecule has 9 heteroatoms. The molecule has 2 aliphatic rings. The van der Waals surface area contributed by atoms with E-state index >= 15 is 0 Å². The SMILES string of the molecule is CSc1ccc(S(=O)(=O)CC2CC3(CCC2NC(=O)OCc2ccccc2)OCCO3)cc1. The number of amides is 1. The van der Waals surface area contributed by atoms with Crippen LogP contribution in [0.2, 0.25) is 0 Å². The van der Waals surface area contributed by atoms with Crippen LogP contribution in [0.15, 0.2) is 64.4 Å². The minimum Gasteiger partial charge on any atom is -0.445 e. The molecule has 1 spiro atoms. The maximum Gasteiger partial charge on any atom is 0.407 e. The standard InChI is InChI=1S/C24H29NO6S2/c1-32-20-7-9-21(10-8-20)33(27,28)17-19-15-24(30-13-14-31-24)12-11-22(19)25-23(26)29-16-18-5-3-2-4-6-18/h2-10,19,22H,11-17H2,1H3,(H,25,26). The average Bonchev–Trinajstić information content (AvgIpc) is 3.28. The van der Waals surface area contributed by atoms with E-state index in [-0.39, 0.29) is 29.2 Å². The van der Waals surface area contributed by atoms with E-state index in [9.17, 15) is 13.2 Å². The molecule has 2 fully saturated rings. The lowest BCUT2D eigenvalue weighted by atomic mass is 9.81. The quantitative estimate of drug-likeness (QED) is 0.585. The number of hydrogen-bond acceptors (Lipinski definition) is 7. The summed E-state index contributed by atoms with van der Waals surface area (Å²) in [6.45, 7) is 1.14. The van der Waals surface area contributed by atoms with Gasteiger partial charge in [-0.1, -0.05) is 30.3 Å². The van der Waals surface area contributed by atoms with Crippen molar-refractivity contribution in [3.05, 3.63) is 60.2 Å². The topological polar surface area (TPSA) is 90.9 Å². The predicted octanol–water partition coefficient (Wildman–Crippen LogP) is 4.02. The van der Waals surface area contributed by atoms with Crippen molar-refractivity contribution in [1.82, 2.24) is 5.32 Å². The van der Waals surface area contributed by atoms with E-state index < -0.39 is 21.7 Å². The van der Waals surface area contributed by atoms with E-state index in [2.05, 4.69) is 5.32 Å². The van der Waals surface area contributed by atoms with Gasteiger partial charge >= 0.3 is 6.09 Å². The van der Waals surface area contributed by atoms with Gasteiger partial charge in [-0.25, -0.2) is 13.2 Å². The van der Waals surface area contributed by atoms with Gasteiger partial charge in [0.1, 0.15) is 6.61 Å². The zero-order valence-corrected chi connectivity index (χ0v) is 20.2. The van der Waals surface area contributed by atoms with Crippen LogP contribution in [0.4, 0.5) is 4.79 Å². The minimum atomic E-state index is -3.57. The Morgan fingerprint density at radius 2 is 1.82 bits per heavy atom. The number of thioether (sulfide) groups is 1. The van der Waals surface area contributed by atoms with Crippen LogP contribution in [-0.2, 0) is 30.7 Å². The second kappa shape index (κ2) is 10.5. The Bertz CT molecular complexity index is 1040. The molecule has 1 saturated carbocycles. The van der Waals surface area contributed by atoms with Crippen molar-refractivity contribution in [1.29, 1.82) is 0 Å². The molecular formula is C24H29NO6S2. The van der Waals surface area contributed by atoms with Gasteiger partial charge in [0.25, 0.3) is 0 Å². The summed E-state index contributed by atoms with van der Waals surface area (Å²) in [6, 6.07) is 15.9. The fourth-order valence-electron chi connectivity index (χ4n) is 4.46. The molecule has 178 valence electrons. The van der Waals surface area contributed by atoms with Gasteiger partial charge in [-0.05, 0) is 48.4 Å². The number of benzene rings is 2. The normalized spacial score (nSPS) is 22.2. The Morgan fingerprint density at radius 3 is 2.48 bits per heavy atom. The number of carbonyl (C=O) groups excluding carboxylic acids is 1. The summed E-state index contributed by atoms with van der Waals surface area (Å²) in [6.07, 6.45) is 2.93. The molecular weight excluding hydrogens is 462 g/mol. The van der Waals surface area contributed by atoms with Crippen LogP contribution in [0, 0.1) is 5.92 Å². The molecule has 7 nitrogen and oxygen atoms in total. The number of nitrogens with one attached hydrogen (secondary N) is 1. The Morgan fingerprint density at radius 1 is 1.12 bits per heavy atom. The van der Waals surface area contributed by atoms with Gasteiger partial charge in [0.15, 0.2) is 15.6 Å². The number of hydrogen-bond donors (Lipinski definition) is 1. The maximum absolute atomic E-state index is 13.2. The van der Waals surface area contributed by atoms with Crippen LogP contribution < -0.4 is 5.32 Å². The van der Waals surface area contributed by atoms with Gasteiger partial charge in [-0.3, -0.25) is 0 Å². The molecule has 2 unspecified atom stereocenters. The van der Waals surface area contributed by atoms with Crippen LogP contribution in [0.25, 0.3) is 0 Å². The Labute approximate surface area is 199 Å². The number of ether oxygens (including phenoxy) is 3. The average molecular weight is 492 g/mol. The van der Waals surface area contributed by atoms with Gasteiger partial charge in [0.05, 0.1) is 23.9 Å². The van der Waals surface area contributed by atoms with Crippen molar-refractivity contribution in [2.75, 3.05) is 25.2 Å². The van der Waals surface area contributed by atoms with Crippen molar-refractivity contribution < 1.29 is 27.4 Å². The van der Waals surface area contributed by atoms with Crippen molar-refractivity contribution in [3.8, 4) is 0 Å². The molecule has 33 heavy (non-hydrogen) atoms. The molecule has 1 heterocycles. The summed E-state index contributed by atoms with van der Waals surface area (Å²) in [5, 5.41) is 2.90. The molecule has 2 atom stereocenters. The molecule has 0 radical (unpaired) electrons. The van der Waals surface area contributed by atoms with Gasteiger partial charge in [-0.2, -0.15) is 0 Å². The maximum atomic E-state index is 13.2. The van der Waals surface area contributed by atoms with E-state index in [1.54, 1.807) is 36.0 Å². The number of alkyl carbamates (subject to hydrolysis) is 1. The Hall–Kier alpha value is -2.07. The summed E-state index contributed by atoms with van der Waals surface area (Å²) in [4.78, 5) is 13.8. The molecule has 2 aromatic carbocycles. The molecule has 0 aromatic heterocycles. The predicted molar refractivity (Wildman–Crippen MR) is 126 cm³/mol. The summed E-state index contributed by atoms with van der Waals surface area (Å²) in [5.41, 5.74) is 0.885. The van der Waals surface area contributed by atoms with E-state index in [4.69, 9.17) is 14.2 Å². The van der Waals surface area contributed by atoms with Crippen LogP contribution in [0.3, 0.4) is 0 Å². The first-order valence-electron chi connectivity index (χ1n) is 11.0. The lowest BCUT2D eigenvalue weighted by molar-refractivity contribution is -0.188. The third-order valence-electron chi connectivity index (χ3n) is 6.16. The summed E-state index contributed by atoms with van der Waals surface area (Å²) >= 11 is 1.56. The largest absolute Gasteiger partial charge is 0.445 e. The minimum absolute atomic E-state index is 0.107. The summed E-state index contributed by atoms with van der Waals surface area (Å²) < 4.78 is 43.5. The molecule has 4 rings (SSSR count). The zero-order chi connectivity index (χ0) is 23.3. The smallest absolute Gasteiger partial charge is 0.407 e. The lowest BCUT2D eigenvalue weighted by Crippen LogP contribution is -2.51. The van der Waals surface area contributed by atoms with Gasteiger partial charge in [0.2, 0.25) is 0 Å². The fourth-order valence-corrected chi connectivity index (χ4v) is 6.52. The second-order valence-electron chi connectivity index (χ2n) is 8.38. The molecule has 1 aliphatic heterocycles. The number of sulfone groups is 1. The second-order valence-corrected chi connectivity index (χ2v) is 11.3. The fraction of sp³-hybridized carbons (Fsp3) is 0.458. The highest BCUT2D eigenvalue weighted by atomic mass is 32.2. The third kappa shape index (κ3) is 6.09. The van der Waals surface area contributed by atoms with Crippen LogP contribution in [-0.4, -0.2) is 51.6 Å². The van der Waals surface area contributed by atoms with Crippen LogP contribution in [0.1, 0.15) is 24.8 Å². The Kier molecular flexibility index (Phi) is 7.63. The Balaban J connectivity index is 1.45. The van der Waals surface area contributed by atoms with E-state index in [0.29, 0.717) is 32.5 Å². The first-order chi connectivity index (χ1) is 15.9. The van der Waals surface area contributed by atoms with Crippen molar-refractivity contribution in [2.45, 2.75) is 47.5 Å². The molecule has 1 N–H and O–H groups in total. The summed E-state index contributed by atoms with van der Waals surface area (Å²) in [5.74, 6) is -1.25. The highest BCUT2D eigenvalue weighted by Gasteiger charge is 2.46. The molecule has 0 bridgehead atoms. The van der Waals surface area contributed by atoms with Gasteiger partial charge in [-0.15, -0.1) is 11.8 Å². The lowest BCUT2D eigenvalue weighted by Gasteiger charge is -2.41.